The minimum Gasteiger partial charge on any atom is -0.462 e. The molecule has 2 atom stereocenters. The summed E-state index contributed by atoms with van der Waals surface area (Å²) in [6.45, 7) is 5.43. The lowest BCUT2D eigenvalue weighted by molar-refractivity contribution is -0.161. The number of phosphoric ester groups is 1. The number of ether oxygens (including phenoxy) is 2. The van der Waals surface area contributed by atoms with Gasteiger partial charge in [-0.15, -0.1) is 0 Å². The highest BCUT2D eigenvalue weighted by Gasteiger charge is 2.25. The quantitative estimate of drug-likeness (QED) is 0.0284. The van der Waals surface area contributed by atoms with Crippen LogP contribution in [-0.2, 0) is 32.7 Å². The van der Waals surface area contributed by atoms with Gasteiger partial charge in [0.1, 0.15) is 6.61 Å². The van der Waals surface area contributed by atoms with Gasteiger partial charge in [0.2, 0.25) is 0 Å². The van der Waals surface area contributed by atoms with Crippen LogP contribution in [0.1, 0.15) is 207 Å². The van der Waals surface area contributed by atoms with Crippen LogP contribution in [0.2, 0.25) is 0 Å². The van der Waals surface area contributed by atoms with Crippen molar-refractivity contribution < 1.29 is 37.6 Å². The van der Waals surface area contributed by atoms with E-state index in [1.54, 1.807) is 6.92 Å². The normalized spacial score (nSPS) is 13.7. The Kier molecular flexibility index (Phi) is 38.6. The van der Waals surface area contributed by atoms with Crippen LogP contribution >= 0.6 is 7.82 Å². The molecular weight excluding hydrogens is 687 g/mol. The molecule has 2 unspecified atom stereocenters. The molecule has 0 heterocycles. The number of allylic oxidation sites excluding steroid dienone is 6. The zero-order valence-corrected chi connectivity index (χ0v) is 35.3. The molecule has 0 aliphatic heterocycles. The third kappa shape index (κ3) is 39.8. The summed E-state index contributed by atoms with van der Waals surface area (Å²) >= 11 is 0. The minimum atomic E-state index is -4.28. The SMILES string of the molecule is CCCCC/C=C\CCCCCCCC(=O)OCC(COP(=O)(O)OCC)OC(=O)CCCCCCCCCCC/C=C\C/C=C\CCCCCCC. The van der Waals surface area contributed by atoms with Crippen LogP contribution in [0.3, 0.4) is 0 Å². The fourth-order valence-corrected chi connectivity index (χ4v) is 6.70. The monoisotopic (exact) mass is 769 g/mol. The average molecular weight is 769 g/mol. The van der Waals surface area contributed by atoms with Gasteiger partial charge >= 0.3 is 19.8 Å². The minimum absolute atomic E-state index is 0.00178. The first-order valence-electron chi connectivity index (χ1n) is 21.8. The molecule has 53 heavy (non-hydrogen) atoms. The van der Waals surface area contributed by atoms with E-state index in [9.17, 15) is 19.0 Å². The van der Waals surface area contributed by atoms with E-state index in [1.165, 1.54) is 103 Å². The maximum Gasteiger partial charge on any atom is 0.472 e. The van der Waals surface area contributed by atoms with Gasteiger partial charge < -0.3 is 14.4 Å². The molecule has 310 valence electrons. The molecule has 0 spiro atoms. The number of unbranched alkanes of at least 4 members (excludes halogenated alkanes) is 22. The summed E-state index contributed by atoms with van der Waals surface area (Å²) in [6, 6.07) is 0. The van der Waals surface area contributed by atoms with Crippen LogP contribution in [-0.4, -0.2) is 42.8 Å². The lowest BCUT2D eigenvalue weighted by atomic mass is 10.1. The zero-order chi connectivity index (χ0) is 38.9. The Labute approximate surface area is 325 Å². The Morgan fingerprint density at radius 2 is 0.906 bits per heavy atom. The molecule has 0 amide bonds. The molecule has 0 aromatic carbocycles. The van der Waals surface area contributed by atoms with Crippen molar-refractivity contribution in [3.05, 3.63) is 36.5 Å². The second-order valence-electron chi connectivity index (χ2n) is 14.4. The van der Waals surface area contributed by atoms with Crippen LogP contribution in [0.4, 0.5) is 0 Å². The molecule has 0 aliphatic rings. The van der Waals surface area contributed by atoms with E-state index in [0.29, 0.717) is 6.42 Å². The van der Waals surface area contributed by atoms with E-state index in [4.69, 9.17) is 18.5 Å². The van der Waals surface area contributed by atoms with Gasteiger partial charge in [-0.3, -0.25) is 18.6 Å². The van der Waals surface area contributed by atoms with E-state index in [2.05, 4.69) is 50.3 Å². The van der Waals surface area contributed by atoms with Crippen molar-refractivity contribution >= 4 is 19.8 Å². The summed E-state index contributed by atoms with van der Waals surface area (Å²) in [6.07, 6.45) is 44.8. The summed E-state index contributed by atoms with van der Waals surface area (Å²) in [5.41, 5.74) is 0. The van der Waals surface area contributed by atoms with Crippen molar-refractivity contribution in [1.29, 1.82) is 0 Å². The van der Waals surface area contributed by atoms with E-state index in [-0.39, 0.29) is 32.0 Å². The first-order valence-corrected chi connectivity index (χ1v) is 23.3. The molecule has 0 aliphatic carbocycles. The summed E-state index contributed by atoms with van der Waals surface area (Å²) in [5.74, 6) is -0.811. The maximum absolute atomic E-state index is 12.6. The Hall–Kier alpha value is -1.73. The molecule has 0 aromatic rings. The third-order valence-corrected chi connectivity index (χ3v) is 10.2. The number of carbonyl (C=O) groups excluding carboxylic acids is 2. The van der Waals surface area contributed by atoms with Crippen molar-refractivity contribution in [3.8, 4) is 0 Å². The van der Waals surface area contributed by atoms with Crippen LogP contribution in [0.5, 0.6) is 0 Å². The molecule has 0 saturated heterocycles. The Bertz CT molecular complexity index is 963. The standard InChI is InChI=1S/C44H81O8P/c1-4-7-9-11-13-15-17-19-20-21-22-23-24-25-26-27-29-31-33-35-37-39-44(46)52-42(41-51-53(47,48)50-6-3)40-49-43(45)38-36-34-32-30-28-18-16-14-12-10-8-5-2/h14,16-17,19,21-22,42H,4-13,15,18,20,23-41H2,1-3H3,(H,47,48)/b16-14-,19-17-,22-21-. The second kappa shape index (κ2) is 39.9. The Balaban J connectivity index is 4.05. The van der Waals surface area contributed by atoms with Crippen molar-refractivity contribution in [2.75, 3.05) is 19.8 Å². The first-order chi connectivity index (χ1) is 25.8. The molecule has 0 bridgehead atoms. The molecule has 0 aromatic heterocycles. The highest BCUT2D eigenvalue weighted by molar-refractivity contribution is 7.47. The Morgan fingerprint density at radius 1 is 0.509 bits per heavy atom. The zero-order valence-electron chi connectivity index (χ0n) is 34.4. The van der Waals surface area contributed by atoms with Gasteiger partial charge in [0, 0.05) is 12.8 Å². The Morgan fingerprint density at radius 3 is 1.40 bits per heavy atom. The number of rotatable bonds is 40. The van der Waals surface area contributed by atoms with E-state index in [0.717, 1.165) is 64.2 Å². The first kappa shape index (κ1) is 51.3. The average Bonchev–Trinajstić information content (AvgIpc) is 3.13. The van der Waals surface area contributed by atoms with Gasteiger partial charge in [0.25, 0.3) is 0 Å². The lowest BCUT2D eigenvalue weighted by Crippen LogP contribution is -2.29. The van der Waals surface area contributed by atoms with Gasteiger partial charge in [-0.05, 0) is 77.6 Å². The van der Waals surface area contributed by atoms with Gasteiger partial charge in [-0.1, -0.05) is 153 Å². The summed E-state index contributed by atoms with van der Waals surface area (Å²) in [7, 11) is -4.28. The van der Waals surface area contributed by atoms with Crippen molar-refractivity contribution in [2.45, 2.75) is 213 Å². The fraction of sp³-hybridized carbons (Fsp3) is 0.818. The second-order valence-corrected chi connectivity index (χ2v) is 15.8. The van der Waals surface area contributed by atoms with Crippen LogP contribution < -0.4 is 0 Å². The largest absolute Gasteiger partial charge is 0.472 e. The van der Waals surface area contributed by atoms with Crippen molar-refractivity contribution in [1.82, 2.24) is 0 Å². The van der Waals surface area contributed by atoms with E-state index in [1.807, 2.05) is 0 Å². The lowest BCUT2D eigenvalue weighted by Gasteiger charge is -2.19. The van der Waals surface area contributed by atoms with Crippen molar-refractivity contribution in [3.63, 3.8) is 0 Å². The van der Waals surface area contributed by atoms with Gasteiger partial charge in [-0.25, -0.2) is 4.57 Å². The molecule has 8 nitrogen and oxygen atoms in total. The van der Waals surface area contributed by atoms with E-state index >= 15 is 0 Å². The highest BCUT2D eigenvalue weighted by atomic mass is 31.2. The van der Waals surface area contributed by atoms with Crippen molar-refractivity contribution in [2.24, 2.45) is 0 Å². The van der Waals surface area contributed by atoms with Gasteiger partial charge in [-0.2, -0.15) is 0 Å². The summed E-state index contributed by atoms with van der Waals surface area (Å²) < 4.78 is 32.6. The van der Waals surface area contributed by atoms with Crippen LogP contribution in [0.15, 0.2) is 36.5 Å². The number of carbonyl (C=O) groups is 2. The number of hydrogen-bond acceptors (Lipinski definition) is 7. The molecule has 9 heteroatoms. The molecule has 0 fully saturated rings. The number of phosphoric acid groups is 1. The smallest absolute Gasteiger partial charge is 0.462 e. The molecule has 1 N–H and O–H groups in total. The fourth-order valence-electron chi connectivity index (χ4n) is 5.95. The molecular formula is C44H81O8P. The van der Waals surface area contributed by atoms with Crippen LogP contribution in [0.25, 0.3) is 0 Å². The third-order valence-electron chi connectivity index (χ3n) is 9.17. The summed E-state index contributed by atoms with van der Waals surface area (Å²) in [5, 5.41) is 0. The highest BCUT2D eigenvalue weighted by Crippen LogP contribution is 2.43. The molecule has 0 saturated carbocycles. The number of esters is 2. The van der Waals surface area contributed by atoms with Crippen LogP contribution in [0, 0.1) is 0 Å². The summed E-state index contributed by atoms with van der Waals surface area (Å²) in [4.78, 5) is 34.7. The van der Waals surface area contributed by atoms with Gasteiger partial charge in [0.15, 0.2) is 6.10 Å². The number of hydrogen-bond donors (Lipinski definition) is 1. The molecule has 0 rings (SSSR count). The molecule has 0 radical (unpaired) electrons. The predicted molar refractivity (Wildman–Crippen MR) is 221 cm³/mol. The topological polar surface area (TPSA) is 108 Å². The predicted octanol–water partition coefficient (Wildman–Crippen LogP) is 13.6. The van der Waals surface area contributed by atoms with Gasteiger partial charge in [0.05, 0.1) is 13.2 Å². The maximum atomic E-state index is 12.6. The van der Waals surface area contributed by atoms with E-state index < -0.39 is 26.5 Å².